The third-order valence-corrected chi connectivity index (χ3v) is 11.1. The number of rotatable bonds is 6. The maximum absolute atomic E-state index is 6.06. The highest BCUT2D eigenvalue weighted by Gasteiger charge is 2.21. The Bertz CT molecular complexity index is 1710. The molecule has 0 saturated carbocycles. The Labute approximate surface area is 310 Å². The van der Waals surface area contributed by atoms with Crippen molar-refractivity contribution < 1.29 is 9.47 Å². The van der Waals surface area contributed by atoms with Gasteiger partial charge >= 0.3 is 0 Å². The zero-order chi connectivity index (χ0) is 34.0. The summed E-state index contributed by atoms with van der Waals surface area (Å²) in [6.45, 7) is 9.28. The van der Waals surface area contributed by atoms with Crippen LogP contribution in [0.5, 0.6) is 0 Å². The average molecular weight is 762 g/mol. The monoisotopic (exact) mass is 760 g/mol. The molecular weight excluding hydrogens is 723 g/mol. The van der Waals surface area contributed by atoms with E-state index in [2.05, 4.69) is 65.4 Å². The molecule has 0 spiro atoms. The van der Waals surface area contributed by atoms with Crippen LogP contribution in [0.15, 0.2) is 58.3 Å². The number of anilines is 3. The predicted molar refractivity (Wildman–Crippen MR) is 201 cm³/mol. The minimum atomic E-state index is 0.247. The molecule has 2 saturated heterocycles. The Hall–Kier alpha value is -2.39. The van der Waals surface area contributed by atoms with Crippen molar-refractivity contribution in [2.24, 2.45) is 0 Å². The molecule has 3 N–H and O–H groups in total. The highest BCUT2D eigenvalue weighted by molar-refractivity contribution is 8.00. The molecule has 0 aliphatic carbocycles. The zero-order valence-electron chi connectivity index (χ0n) is 27.0. The lowest BCUT2D eigenvalue weighted by Gasteiger charge is -2.26. The van der Waals surface area contributed by atoms with Crippen LogP contribution in [-0.4, -0.2) is 93.8 Å². The fourth-order valence-electron chi connectivity index (χ4n) is 5.73. The van der Waals surface area contributed by atoms with Crippen LogP contribution in [0.25, 0.3) is 0 Å². The molecule has 0 amide bonds. The van der Waals surface area contributed by atoms with Gasteiger partial charge in [0, 0.05) is 75.0 Å². The van der Waals surface area contributed by atoms with Crippen LogP contribution in [0.2, 0.25) is 15.7 Å². The first-order valence-corrected chi connectivity index (χ1v) is 19.3. The molecular formula is C34H39Cl3N8O2S2. The molecule has 15 heteroatoms. The first-order valence-electron chi connectivity index (χ1n) is 16.2. The number of thioether (sulfide) groups is 2. The van der Waals surface area contributed by atoms with Gasteiger partial charge in [-0.1, -0.05) is 35.9 Å². The van der Waals surface area contributed by atoms with E-state index in [0.29, 0.717) is 10.4 Å². The van der Waals surface area contributed by atoms with Crippen molar-refractivity contribution in [3.05, 3.63) is 86.8 Å². The molecule has 8 rings (SSSR count). The molecule has 2 aromatic carbocycles. The summed E-state index contributed by atoms with van der Waals surface area (Å²) in [6.07, 6.45) is 1.90. The Balaban J connectivity index is 0.000000141. The number of fused-ring (bicyclic) bond motifs is 2. The standard InChI is InChI=1S/C17H19ClN4OS.C11H16N2O.C6H4Cl2N2S/c18-17-20-14-4-9-24-15(14)16(21-17)19-13-3-1-2-12(10-13)11-22-5-7-23-8-6-22;12-11-3-1-2-10(8-11)9-13-4-6-14-7-5-13;7-5-4-3(1-2-11-4)9-6(8)10-5/h1-3,10H,4-9,11H2,(H,19,20,21);1-3,8H,4-7,9,12H2;1-2H2. The van der Waals surface area contributed by atoms with Crippen LogP contribution in [-0.2, 0) is 35.4 Å². The van der Waals surface area contributed by atoms with Crippen LogP contribution < -0.4 is 11.1 Å². The number of aryl methyl sites for hydroxylation is 2. The van der Waals surface area contributed by atoms with E-state index in [-0.39, 0.29) is 5.28 Å². The van der Waals surface area contributed by atoms with Gasteiger partial charge in [0.1, 0.15) is 11.0 Å². The summed E-state index contributed by atoms with van der Waals surface area (Å²) in [5, 5.41) is 4.47. The topological polar surface area (TPSA) is 115 Å². The third-order valence-electron chi connectivity index (χ3n) is 8.11. The number of hydrogen-bond donors (Lipinski definition) is 2. The molecule has 0 radical (unpaired) electrons. The Morgan fingerprint density at radius 2 is 1.24 bits per heavy atom. The molecule has 6 heterocycles. The maximum Gasteiger partial charge on any atom is 0.224 e. The number of aromatic nitrogens is 4. The third kappa shape index (κ3) is 10.8. The van der Waals surface area contributed by atoms with E-state index >= 15 is 0 Å². The van der Waals surface area contributed by atoms with Gasteiger partial charge in [-0.05, 0) is 58.6 Å². The van der Waals surface area contributed by atoms with Crippen molar-refractivity contribution >= 4 is 75.5 Å². The van der Waals surface area contributed by atoms with Crippen molar-refractivity contribution in [2.75, 3.05) is 75.2 Å². The molecule has 2 fully saturated rings. The van der Waals surface area contributed by atoms with E-state index in [1.54, 1.807) is 23.5 Å². The molecule has 0 unspecified atom stereocenters. The maximum atomic E-state index is 6.06. The number of morpholine rings is 2. The van der Waals surface area contributed by atoms with Crippen LogP contribution in [0.1, 0.15) is 22.5 Å². The lowest BCUT2D eigenvalue weighted by molar-refractivity contribution is 0.0341. The van der Waals surface area contributed by atoms with Gasteiger partial charge < -0.3 is 20.5 Å². The smallest absolute Gasteiger partial charge is 0.224 e. The van der Waals surface area contributed by atoms with Gasteiger partial charge in [-0.3, -0.25) is 9.80 Å². The van der Waals surface area contributed by atoms with Crippen molar-refractivity contribution in [2.45, 2.75) is 35.7 Å². The number of ether oxygens (including phenoxy) is 2. The van der Waals surface area contributed by atoms with Crippen molar-refractivity contribution in [3.63, 3.8) is 0 Å². The minimum absolute atomic E-state index is 0.247. The van der Waals surface area contributed by atoms with Crippen LogP contribution >= 0.6 is 58.3 Å². The quantitative estimate of drug-likeness (QED) is 0.121. The number of benzene rings is 2. The van der Waals surface area contributed by atoms with Crippen LogP contribution in [0.3, 0.4) is 0 Å². The fourth-order valence-corrected chi connectivity index (χ4v) is 8.53. The van der Waals surface area contributed by atoms with Crippen molar-refractivity contribution in [1.29, 1.82) is 0 Å². The first-order chi connectivity index (χ1) is 23.9. The van der Waals surface area contributed by atoms with Gasteiger partial charge in [-0.2, -0.15) is 4.98 Å². The van der Waals surface area contributed by atoms with Gasteiger partial charge in [0.25, 0.3) is 0 Å². The predicted octanol–water partition coefficient (Wildman–Crippen LogP) is 6.89. The lowest BCUT2D eigenvalue weighted by Crippen LogP contribution is -2.35. The molecule has 49 heavy (non-hydrogen) atoms. The van der Waals surface area contributed by atoms with Gasteiger partial charge in [-0.15, -0.1) is 23.5 Å². The molecule has 2 aromatic heterocycles. The van der Waals surface area contributed by atoms with Gasteiger partial charge in [0.05, 0.1) is 47.6 Å². The van der Waals surface area contributed by atoms with E-state index in [0.717, 1.165) is 128 Å². The van der Waals surface area contributed by atoms with Gasteiger partial charge in [0.15, 0.2) is 0 Å². The molecule has 10 nitrogen and oxygen atoms in total. The summed E-state index contributed by atoms with van der Waals surface area (Å²) in [4.78, 5) is 23.5. The summed E-state index contributed by atoms with van der Waals surface area (Å²) >= 11 is 21.0. The van der Waals surface area contributed by atoms with Crippen LogP contribution in [0, 0.1) is 0 Å². The van der Waals surface area contributed by atoms with E-state index < -0.39 is 0 Å². The molecule has 4 aliphatic rings. The highest BCUT2D eigenvalue weighted by atomic mass is 35.5. The number of nitrogens with zero attached hydrogens (tertiary/aromatic N) is 6. The number of nitrogens with one attached hydrogen (secondary N) is 1. The molecule has 4 aliphatic heterocycles. The average Bonchev–Trinajstić information content (AvgIpc) is 3.77. The van der Waals surface area contributed by atoms with E-state index in [4.69, 9.17) is 50.0 Å². The normalized spacial score (nSPS) is 17.3. The second kappa shape index (κ2) is 18.2. The number of nitrogens with two attached hydrogens (primary N) is 1. The fraction of sp³-hybridized carbons (Fsp3) is 0.412. The molecule has 260 valence electrons. The SMILES string of the molecule is Clc1nc(Cl)c2c(n1)CCS2.Clc1nc2c(c(Nc3cccc(CN4CCOCC4)c3)n1)SCC2.Nc1cccc(CN2CCOCC2)c1. The Kier molecular flexibility index (Phi) is 13.5. The Morgan fingerprint density at radius 1 is 0.694 bits per heavy atom. The summed E-state index contributed by atoms with van der Waals surface area (Å²) in [7, 11) is 0. The van der Waals surface area contributed by atoms with Crippen molar-refractivity contribution in [3.8, 4) is 0 Å². The molecule has 4 aromatic rings. The van der Waals surface area contributed by atoms with E-state index in [1.165, 1.54) is 11.1 Å². The second-order valence-electron chi connectivity index (χ2n) is 11.7. The van der Waals surface area contributed by atoms with Crippen LogP contribution in [0.4, 0.5) is 17.2 Å². The summed E-state index contributed by atoms with van der Waals surface area (Å²) in [5.41, 5.74) is 12.2. The van der Waals surface area contributed by atoms with E-state index in [1.807, 2.05) is 18.2 Å². The Morgan fingerprint density at radius 3 is 1.88 bits per heavy atom. The van der Waals surface area contributed by atoms with Gasteiger partial charge in [-0.25, -0.2) is 15.0 Å². The largest absolute Gasteiger partial charge is 0.399 e. The minimum Gasteiger partial charge on any atom is -0.399 e. The number of nitrogen functional groups attached to an aromatic ring is 1. The summed E-state index contributed by atoms with van der Waals surface area (Å²) in [5.74, 6) is 2.89. The lowest BCUT2D eigenvalue weighted by atomic mass is 10.2. The highest BCUT2D eigenvalue weighted by Crippen LogP contribution is 2.37. The number of halogens is 3. The second-order valence-corrected chi connectivity index (χ2v) is 15.0. The van der Waals surface area contributed by atoms with Crippen molar-refractivity contribution in [1.82, 2.24) is 29.7 Å². The molecule has 0 atom stereocenters. The van der Waals surface area contributed by atoms with Gasteiger partial charge in [0.2, 0.25) is 10.6 Å². The number of hydrogen-bond acceptors (Lipinski definition) is 12. The first kappa shape index (κ1) is 36.4. The molecule has 0 bridgehead atoms. The zero-order valence-corrected chi connectivity index (χ0v) is 30.9. The summed E-state index contributed by atoms with van der Waals surface area (Å²) < 4.78 is 10.7. The summed E-state index contributed by atoms with van der Waals surface area (Å²) in [6, 6.07) is 16.6. The van der Waals surface area contributed by atoms with E-state index in [9.17, 15) is 0 Å².